The summed E-state index contributed by atoms with van der Waals surface area (Å²) in [4.78, 5) is 11.6. The molecular formula is C15H29F3O6SSi. The fourth-order valence-electron chi connectivity index (χ4n) is 2.27. The molecule has 0 aromatic heterocycles. The number of hydrogen-bond donors (Lipinski definition) is 1. The van der Waals surface area contributed by atoms with E-state index < -0.39 is 41.9 Å². The first-order chi connectivity index (χ1) is 11.6. The Bertz CT molecular complexity index is 550. The van der Waals surface area contributed by atoms with Gasteiger partial charge in [-0.15, -0.1) is 0 Å². The minimum atomic E-state index is -5.11. The molecule has 0 spiro atoms. The second kappa shape index (κ2) is 10.0. The van der Waals surface area contributed by atoms with Gasteiger partial charge < -0.3 is 9.16 Å². The lowest BCUT2D eigenvalue weighted by Gasteiger charge is -2.30. The van der Waals surface area contributed by atoms with Gasteiger partial charge in [0.2, 0.25) is 5.60 Å². The lowest BCUT2D eigenvalue weighted by Crippen LogP contribution is -2.51. The highest BCUT2D eigenvalue weighted by molar-refractivity contribution is 7.85. The maximum Gasteiger partial charge on any atom is 0.429 e. The average Bonchev–Trinajstić information content (AvgIpc) is 2.42. The van der Waals surface area contributed by atoms with Gasteiger partial charge in [-0.2, -0.15) is 21.6 Å². The van der Waals surface area contributed by atoms with Crippen LogP contribution in [0.1, 0.15) is 45.4 Å². The molecule has 0 aliphatic heterocycles. The molecule has 0 amide bonds. The Morgan fingerprint density at radius 1 is 1.08 bits per heavy atom. The first kappa shape index (κ1) is 25.3. The zero-order valence-corrected chi connectivity index (χ0v) is 17.5. The Morgan fingerprint density at radius 3 is 2.04 bits per heavy atom. The molecule has 1 N–H and O–H groups in total. The second-order valence-electron chi connectivity index (χ2n) is 7.16. The Kier molecular flexibility index (Phi) is 9.79. The summed E-state index contributed by atoms with van der Waals surface area (Å²) >= 11 is 0. The molecule has 0 aliphatic rings. The molecule has 1 unspecified atom stereocenters. The summed E-state index contributed by atoms with van der Waals surface area (Å²) < 4.78 is 79.0. The third-order valence-corrected chi connectivity index (χ3v) is 7.69. The predicted octanol–water partition coefficient (Wildman–Crippen LogP) is 3.93. The van der Waals surface area contributed by atoms with Crippen LogP contribution in [0.4, 0.5) is 13.2 Å². The number of halogens is 3. The molecular weight excluding hydrogens is 393 g/mol. The van der Waals surface area contributed by atoms with E-state index in [1.807, 2.05) is 0 Å². The van der Waals surface area contributed by atoms with Crippen molar-refractivity contribution in [2.75, 3.05) is 12.9 Å². The van der Waals surface area contributed by atoms with Crippen LogP contribution < -0.4 is 0 Å². The van der Waals surface area contributed by atoms with Crippen LogP contribution in [0.2, 0.25) is 19.1 Å². The number of esters is 1. The molecule has 0 heterocycles. The van der Waals surface area contributed by atoms with Crippen molar-refractivity contribution in [1.29, 1.82) is 0 Å². The molecule has 6 nitrogen and oxygen atoms in total. The van der Waals surface area contributed by atoms with Gasteiger partial charge in [-0.3, -0.25) is 9.35 Å². The van der Waals surface area contributed by atoms with Crippen LogP contribution in [0.5, 0.6) is 0 Å². The summed E-state index contributed by atoms with van der Waals surface area (Å²) in [6.45, 7) is 4.67. The smallest absolute Gasteiger partial charge is 0.429 e. The monoisotopic (exact) mass is 422 g/mol. The van der Waals surface area contributed by atoms with Gasteiger partial charge in [0.15, 0.2) is 8.32 Å². The van der Waals surface area contributed by atoms with Crippen molar-refractivity contribution < 1.29 is 40.1 Å². The Morgan fingerprint density at radius 2 is 1.58 bits per heavy atom. The van der Waals surface area contributed by atoms with Crippen LogP contribution >= 0.6 is 0 Å². The minimum absolute atomic E-state index is 0.241. The summed E-state index contributed by atoms with van der Waals surface area (Å²) in [6, 6.07) is 1.02. The normalized spacial score (nSPS) is 15.5. The van der Waals surface area contributed by atoms with E-state index in [-0.39, 0.29) is 6.42 Å². The Labute approximate surface area is 154 Å². The van der Waals surface area contributed by atoms with Crippen LogP contribution in [-0.2, 0) is 24.1 Å². The van der Waals surface area contributed by atoms with E-state index in [0.717, 1.165) is 25.3 Å². The third kappa shape index (κ3) is 10.5. The van der Waals surface area contributed by atoms with E-state index in [9.17, 15) is 26.4 Å². The number of carbonyl (C=O) groups excluding carboxylic acids is 1. The molecule has 156 valence electrons. The van der Waals surface area contributed by atoms with Gasteiger partial charge in [0, 0.05) is 13.5 Å². The molecule has 0 bridgehead atoms. The number of carbonyl (C=O) groups is 1. The Balaban J connectivity index is 4.27. The zero-order valence-electron chi connectivity index (χ0n) is 15.7. The van der Waals surface area contributed by atoms with Gasteiger partial charge in [-0.1, -0.05) is 25.7 Å². The standard InChI is InChI=1S/C15H29F3O6SSi/c1-14(15(16,17)18,12-25(20,21)22)24-13(19)10-8-6-5-7-9-11-26(3,4)23-2/h5-12H2,1-4H3,(H,20,21,22). The molecule has 26 heavy (non-hydrogen) atoms. The second-order valence-corrected chi connectivity index (χ2v) is 13.0. The third-order valence-electron chi connectivity index (χ3n) is 4.11. The van der Waals surface area contributed by atoms with Crippen LogP contribution in [0.15, 0.2) is 0 Å². The minimum Gasteiger partial charge on any atom is -0.448 e. The van der Waals surface area contributed by atoms with E-state index in [2.05, 4.69) is 17.8 Å². The van der Waals surface area contributed by atoms with E-state index in [1.54, 1.807) is 7.11 Å². The largest absolute Gasteiger partial charge is 0.448 e. The highest BCUT2D eigenvalue weighted by atomic mass is 32.2. The van der Waals surface area contributed by atoms with Crippen molar-refractivity contribution in [3.63, 3.8) is 0 Å². The van der Waals surface area contributed by atoms with Gasteiger partial charge in [0.05, 0.1) is 0 Å². The summed E-state index contributed by atoms with van der Waals surface area (Å²) in [5.74, 6) is -2.87. The quantitative estimate of drug-likeness (QED) is 0.222. The zero-order chi connectivity index (χ0) is 20.6. The fraction of sp³-hybridized carbons (Fsp3) is 0.933. The van der Waals surface area contributed by atoms with Gasteiger partial charge in [0.1, 0.15) is 5.75 Å². The summed E-state index contributed by atoms with van der Waals surface area (Å²) in [7, 11) is -4.84. The van der Waals surface area contributed by atoms with Crippen molar-refractivity contribution >= 4 is 24.4 Å². The van der Waals surface area contributed by atoms with Crippen LogP contribution in [-0.4, -0.2) is 51.9 Å². The predicted molar refractivity (Wildman–Crippen MR) is 94.0 cm³/mol. The molecule has 0 aliphatic carbocycles. The molecule has 1 atom stereocenters. The number of hydrogen-bond acceptors (Lipinski definition) is 5. The van der Waals surface area contributed by atoms with E-state index >= 15 is 0 Å². The van der Waals surface area contributed by atoms with Crippen LogP contribution in [0.25, 0.3) is 0 Å². The first-order valence-electron chi connectivity index (χ1n) is 8.41. The topological polar surface area (TPSA) is 89.9 Å². The van der Waals surface area contributed by atoms with Crippen LogP contribution in [0, 0.1) is 0 Å². The van der Waals surface area contributed by atoms with Crippen LogP contribution in [0.3, 0.4) is 0 Å². The molecule has 0 aromatic carbocycles. The highest BCUT2D eigenvalue weighted by Crippen LogP contribution is 2.35. The lowest BCUT2D eigenvalue weighted by molar-refractivity contribution is -0.256. The number of rotatable bonds is 12. The van der Waals surface area contributed by atoms with Gasteiger partial charge >= 0.3 is 12.1 Å². The van der Waals surface area contributed by atoms with E-state index in [1.165, 1.54) is 0 Å². The molecule has 0 saturated carbocycles. The maximum absolute atomic E-state index is 13.0. The molecule has 0 radical (unpaired) electrons. The average molecular weight is 423 g/mol. The SMILES string of the molecule is CO[Si](C)(C)CCCCCCCC(=O)OC(C)(CS(=O)(=O)O)C(F)(F)F. The van der Waals surface area contributed by atoms with Gasteiger partial charge in [-0.25, -0.2) is 0 Å². The summed E-state index contributed by atoms with van der Waals surface area (Å²) in [5, 5.41) is 0. The summed E-state index contributed by atoms with van der Waals surface area (Å²) in [6.07, 6.45) is -1.57. The number of alkyl halides is 3. The van der Waals surface area contributed by atoms with Gasteiger partial charge in [0.25, 0.3) is 10.1 Å². The molecule has 11 heteroatoms. The van der Waals surface area contributed by atoms with Crippen molar-refractivity contribution in [2.24, 2.45) is 0 Å². The Hall–Kier alpha value is -0.653. The maximum atomic E-state index is 13.0. The molecule has 0 fully saturated rings. The van der Waals surface area contributed by atoms with E-state index in [0.29, 0.717) is 19.8 Å². The van der Waals surface area contributed by atoms with E-state index in [4.69, 9.17) is 8.98 Å². The highest BCUT2D eigenvalue weighted by Gasteiger charge is 2.56. The van der Waals surface area contributed by atoms with Crippen molar-refractivity contribution in [3.05, 3.63) is 0 Å². The summed E-state index contributed by atoms with van der Waals surface area (Å²) in [5.41, 5.74) is -3.27. The lowest BCUT2D eigenvalue weighted by atomic mass is 10.1. The van der Waals surface area contributed by atoms with Gasteiger partial charge in [-0.05, 0) is 32.5 Å². The van der Waals surface area contributed by atoms with Crippen molar-refractivity contribution in [3.8, 4) is 0 Å². The van der Waals surface area contributed by atoms with Crippen molar-refractivity contribution in [2.45, 2.75) is 76.4 Å². The fourth-order valence-corrected chi connectivity index (χ4v) is 4.50. The number of ether oxygens (including phenoxy) is 1. The number of unbranched alkanes of at least 4 members (excludes halogenated alkanes) is 4. The molecule has 0 rings (SSSR count). The first-order valence-corrected chi connectivity index (χ1v) is 13.1. The molecule has 0 saturated heterocycles. The molecule has 0 aromatic rings. The van der Waals surface area contributed by atoms with Crippen molar-refractivity contribution in [1.82, 2.24) is 0 Å².